The highest BCUT2D eigenvalue weighted by atomic mass is 127. The highest BCUT2D eigenvalue weighted by molar-refractivity contribution is 14.0. The van der Waals surface area contributed by atoms with Crippen LogP contribution in [0.2, 0.25) is 0 Å². The summed E-state index contributed by atoms with van der Waals surface area (Å²) in [6.07, 6.45) is 3.93. The predicted octanol–water partition coefficient (Wildman–Crippen LogP) is 3.11. The van der Waals surface area contributed by atoms with Gasteiger partial charge in [-0.2, -0.15) is 0 Å². The molecule has 0 aromatic rings. The summed E-state index contributed by atoms with van der Waals surface area (Å²) < 4.78 is 11.5. The number of guanidine groups is 1. The SMILES string of the molecule is CCOC(CCNC(=NC)NC1CCN(CCOC(C)C)CC1)C(C)C.I. The molecule has 1 heterocycles. The standard InChI is InChI=1S/C20H42N4O2.HI/c1-7-25-19(16(2)3)8-11-22-20(21-6)23-18-9-12-24(13-10-18)14-15-26-17(4)5;/h16-19H,7-15H2,1-6H3,(H2,21,22,23);1H. The van der Waals surface area contributed by atoms with E-state index in [1.165, 1.54) is 0 Å². The Balaban J connectivity index is 0.00000676. The molecule has 0 amide bonds. The first-order chi connectivity index (χ1) is 12.5. The molecule has 1 rings (SSSR count). The topological polar surface area (TPSA) is 58.1 Å². The number of piperidine rings is 1. The van der Waals surface area contributed by atoms with Crippen LogP contribution in [0, 0.1) is 5.92 Å². The summed E-state index contributed by atoms with van der Waals surface area (Å²) >= 11 is 0. The Labute approximate surface area is 184 Å². The van der Waals surface area contributed by atoms with Gasteiger partial charge in [-0.25, -0.2) is 0 Å². The van der Waals surface area contributed by atoms with Crippen molar-refractivity contribution in [3.63, 3.8) is 0 Å². The van der Waals surface area contributed by atoms with Crippen molar-refractivity contribution < 1.29 is 9.47 Å². The molecular weight excluding hydrogens is 455 g/mol. The van der Waals surface area contributed by atoms with Crippen LogP contribution in [0.1, 0.15) is 53.9 Å². The minimum absolute atomic E-state index is 0. The molecule has 7 heteroatoms. The van der Waals surface area contributed by atoms with Crippen molar-refractivity contribution in [3.05, 3.63) is 0 Å². The first-order valence-electron chi connectivity index (χ1n) is 10.4. The van der Waals surface area contributed by atoms with E-state index in [-0.39, 0.29) is 24.0 Å². The molecule has 1 unspecified atom stereocenters. The van der Waals surface area contributed by atoms with Gasteiger partial charge in [0.1, 0.15) is 0 Å². The van der Waals surface area contributed by atoms with Crippen molar-refractivity contribution in [1.29, 1.82) is 0 Å². The van der Waals surface area contributed by atoms with Crippen molar-refractivity contribution >= 4 is 29.9 Å². The maximum absolute atomic E-state index is 5.81. The molecule has 0 saturated carbocycles. The maximum Gasteiger partial charge on any atom is 0.191 e. The van der Waals surface area contributed by atoms with E-state index in [1.54, 1.807) is 0 Å². The third-order valence-electron chi connectivity index (χ3n) is 4.86. The fourth-order valence-corrected chi connectivity index (χ4v) is 3.26. The molecular formula is C20H43IN4O2. The fraction of sp³-hybridized carbons (Fsp3) is 0.950. The molecule has 0 spiro atoms. The van der Waals surface area contributed by atoms with Gasteiger partial charge in [-0.1, -0.05) is 13.8 Å². The van der Waals surface area contributed by atoms with Gasteiger partial charge in [0, 0.05) is 45.9 Å². The van der Waals surface area contributed by atoms with Crippen LogP contribution in [0.15, 0.2) is 4.99 Å². The van der Waals surface area contributed by atoms with Gasteiger partial charge in [-0.05, 0) is 46.0 Å². The Morgan fingerprint density at radius 1 is 1.15 bits per heavy atom. The zero-order chi connectivity index (χ0) is 19.4. The van der Waals surface area contributed by atoms with Gasteiger partial charge in [0.05, 0.1) is 18.8 Å². The Morgan fingerprint density at radius 3 is 2.33 bits per heavy atom. The normalized spacial score (nSPS) is 17.9. The van der Waals surface area contributed by atoms with Crippen LogP contribution in [-0.4, -0.2) is 75.5 Å². The molecule has 0 radical (unpaired) electrons. The molecule has 0 aromatic carbocycles. The number of halogens is 1. The van der Waals surface area contributed by atoms with Crippen molar-refractivity contribution in [2.24, 2.45) is 10.9 Å². The summed E-state index contributed by atoms with van der Waals surface area (Å²) in [5.41, 5.74) is 0. The van der Waals surface area contributed by atoms with E-state index in [9.17, 15) is 0 Å². The fourth-order valence-electron chi connectivity index (χ4n) is 3.26. The molecule has 162 valence electrons. The van der Waals surface area contributed by atoms with Gasteiger partial charge in [0.15, 0.2) is 5.96 Å². The molecule has 0 aromatic heterocycles. The molecule has 0 aliphatic carbocycles. The van der Waals surface area contributed by atoms with Gasteiger partial charge in [0.2, 0.25) is 0 Å². The Bertz CT molecular complexity index is 386. The van der Waals surface area contributed by atoms with E-state index in [1.807, 2.05) is 7.05 Å². The van der Waals surface area contributed by atoms with Crippen LogP contribution in [0.25, 0.3) is 0 Å². The van der Waals surface area contributed by atoms with Crippen molar-refractivity contribution in [1.82, 2.24) is 15.5 Å². The Kier molecular flexibility index (Phi) is 15.7. The number of aliphatic imine (C=N–C) groups is 1. The number of rotatable bonds is 11. The number of ether oxygens (including phenoxy) is 2. The average Bonchev–Trinajstić information content (AvgIpc) is 2.61. The third-order valence-corrected chi connectivity index (χ3v) is 4.86. The molecule has 1 aliphatic heterocycles. The molecule has 2 N–H and O–H groups in total. The maximum atomic E-state index is 5.81. The van der Waals surface area contributed by atoms with Crippen LogP contribution < -0.4 is 10.6 Å². The van der Waals surface area contributed by atoms with E-state index >= 15 is 0 Å². The number of likely N-dealkylation sites (tertiary alicyclic amines) is 1. The lowest BCUT2D eigenvalue weighted by Gasteiger charge is -2.33. The van der Waals surface area contributed by atoms with Crippen LogP contribution in [-0.2, 0) is 9.47 Å². The second kappa shape index (κ2) is 15.8. The first-order valence-corrected chi connectivity index (χ1v) is 10.4. The van der Waals surface area contributed by atoms with Gasteiger partial charge in [0.25, 0.3) is 0 Å². The lowest BCUT2D eigenvalue weighted by molar-refractivity contribution is 0.0258. The Morgan fingerprint density at radius 2 is 1.81 bits per heavy atom. The lowest BCUT2D eigenvalue weighted by Crippen LogP contribution is -2.49. The number of nitrogens with one attached hydrogen (secondary N) is 2. The van der Waals surface area contributed by atoms with Crippen molar-refractivity contribution in [2.75, 3.05) is 46.4 Å². The quantitative estimate of drug-likeness (QED) is 0.261. The van der Waals surface area contributed by atoms with Gasteiger partial charge in [-0.15, -0.1) is 24.0 Å². The van der Waals surface area contributed by atoms with Crippen LogP contribution in [0.5, 0.6) is 0 Å². The van der Waals surface area contributed by atoms with Crippen LogP contribution in [0.3, 0.4) is 0 Å². The highest BCUT2D eigenvalue weighted by Crippen LogP contribution is 2.11. The van der Waals surface area contributed by atoms with Crippen LogP contribution >= 0.6 is 24.0 Å². The van der Waals surface area contributed by atoms with Gasteiger partial charge >= 0.3 is 0 Å². The molecule has 6 nitrogen and oxygen atoms in total. The number of hydrogen-bond donors (Lipinski definition) is 2. The largest absolute Gasteiger partial charge is 0.378 e. The van der Waals surface area contributed by atoms with E-state index < -0.39 is 0 Å². The second-order valence-electron chi connectivity index (χ2n) is 7.71. The zero-order valence-electron chi connectivity index (χ0n) is 18.3. The molecule has 0 bridgehead atoms. The minimum atomic E-state index is 0. The first kappa shape index (κ1) is 26.9. The van der Waals surface area contributed by atoms with E-state index in [0.717, 1.165) is 64.6 Å². The summed E-state index contributed by atoms with van der Waals surface area (Å²) in [5.74, 6) is 1.45. The van der Waals surface area contributed by atoms with Gasteiger partial charge < -0.3 is 25.0 Å². The zero-order valence-corrected chi connectivity index (χ0v) is 20.6. The number of nitrogens with zero attached hydrogens (tertiary/aromatic N) is 2. The summed E-state index contributed by atoms with van der Waals surface area (Å²) in [7, 11) is 1.84. The minimum Gasteiger partial charge on any atom is -0.378 e. The lowest BCUT2D eigenvalue weighted by atomic mass is 10.0. The number of hydrogen-bond acceptors (Lipinski definition) is 4. The smallest absolute Gasteiger partial charge is 0.191 e. The van der Waals surface area contributed by atoms with E-state index in [4.69, 9.17) is 9.47 Å². The monoisotopic (exact) mass is 498 g/mol. The predicted molar refractivity (Wildman–Crippen MR) is 125 cm³/mol. The molecule has 1 saturated heterocycles. The second-order valence-corrected chi connectivity index (χ2v) is 7.71. The average molecular weight is 498 g/mol. The van der Waals surface area contributed by atoms with Crippen molar-refractivity contribution in [2.45, 2.75) is 72.1 Å². The molecule has 1 atom stereocenters. The summed E-state index contributed by atoms with van der Waals surface area (Å²) in [6.45, 7) is 16.4. The molecule has 1 aliphatic rings. The van der Waals surface area contributed by atoms with Crippen LogP contribution in [0.4, 0.5) is 0 Å². The molecule has 27 heavy (non-hydrogen) atoms. The third kappa shape index (κ3) is 12.1. The Hall–Kier alpha value is -0.120. The highest BCUT2D eigenvalue weighted by Gasteiger charge is 2.20. The van der Waals surface area contributed by atoms with Crippen molar-refractivity contribution in [3.8, 4) is 0 Å². The molecule has 1 fully saturated rings. The summed E-state index contributed by atoms with van der Waals surface area (Å²) in [5, 5.41) is 7.02. The summed E-state index contributed by atoms with van der Waals surface area (Å²) in [4.78, 5) is 6.87. The van der Waals surface area contributed by atoms with E-state index in [0.29, 0.717) is 24.2 Å². The summed E-state index contributed by atoms with van der Waals surface area (Å²) in [6, 6.07) is 0.497. The van der Waals surface area contributed by atoms with Gasteiger partial charge in [-0.3, -0.25) is 4.99 Å². The van der Waals surface area contributed by atoms with E-state index in [2.05, 4.69) is 55.1 Å².